The lowest BCUT2D eigenvalue weighted by Crippen LogP contribution is -2.38. The summed E-state index contributed by atoms with van der Waals surface area (Å²) in [5.74, 6) is 0.405. The first-order valence-electron chi connectivity index (χ1n) is 16.0. The second-order valence-corrected chi connectivity index (χ2v) is 13.0. The van der Waals surface area contributed by atoms with Gasteiger partial charge >= 0.3 is 6.03 Å². The number of piperidine rings is 1. The highest BCUT2D eigenvalue weighted by Gasteiger charge is 2.24. The molecule has 1 saturated carbocycles. The number of halogens is 2. The third-order valence-electron chi connectivity index (χ3n) is 8.45. The molecule has 0 atom stereocenters. The van der Waals surface area contributed by atoms with Crippen LogP contribution in [0.2, 0.25) is 10.0 Å². The maximum Gasteiger partial charge on any atom is 0.323 e. The van der Waals surface area contributed by atoms with Crippen molar-refractivity contribution in [2.75, 3.05) is 36.8 Å². The van der Waals surface area contributed by atoms with Crippen molar-refractivity contribution in [3.63, 3.8) is 0 Å². The zero-order chi connectivity index (χ0) is 32.8. The van der Waals surface area contributed by atoms with Crippen LogP contribution in [0.3, 0.4) is 0 Å². The Labute approximate surface area is 283 Å². The number of carbonyl (C=O) groups excluding carboxylic acids is 2. The van der Waals surface area contributed by atoms with Crippen molar-refractivity contribution >= 4 is 46.5 Å². The minimum absolute atomic E-state index is 0.0224. The van der Waals surface area contributed by atoms with E-state index in [4.69, 9.17) is 23.2 Å². The van der Waals surface area contributed by atoms with Gasteiger partial charge in [0.1, 0.15) is 5.69 Å². The molecule has 2 aromatic carbocycles. The van der Waals surface area contributed by atoms with E-state index in [1.165, 1.54) is 36.3 Å². The monoisotopic (exact) mass is 673 g/mol. The van der Waals surface area contributed by atoms with Crippen LogP contribution in [-0.2, 0) is 17.8 Å². The minimum Gasteiger partial charge on any atom is -0.355 e. The molecule has 3 amide bonds. The van der Waals surface area contributed by atoms with Crippen LogP contribution < -0.4 is 21.5 Å². The van der Waals surface area contributed by atoms with E-state index in [1.807, 2.05) is 48.5 Å². The quantitative estimate of drug-likeness (QED) is 0.168. The highest BCUT2D eigenvalue weighted by molar-refractivity contribution is 6.39. The Morgan fingerprint density at radius 2 is 1.60 bits per heavy atom. The summed E-state index contributed by atoms with van der Waals surface area (Å²) in [6, 6.07) is 16.7. The molecule has 3 N–H and O–H groups in total. The number of urea groups is 1. The summed E-state index contributed by atoms with van der Waals surface area (Å²) in [6.45, 7) is 4.27. The normalized spacial score (nSPS) is 14.9. The van der Waals surface area contributed by atoms with Gasteiger partial charge in [0.05, 0.1) is 27.8 Å². The number of aromatic nitrogens is 3. The van der Waals surface area contributed by atoms with Crippen molar-refractivity contribution in [1.29, 1.82) is 0 Å². The molecular formula is C35H37Cl2N7O3. The number of anilines is 2. The first-order valence-corrected chi connectivity index (χ1v) is 16.8. The number of benzene rings is 2. The lowest BCUT2D eigenvalue weighted by Gasteiger charge is -2.26. The van der Waals surface area contributed by atoms with Crippen LogP contribution in [-0.4, -0.2) is 57.8 Å². The Morgan fingerprint density at radius 3 is 2.32 bits per heavy atom. The number of carbonyl (C=O) groups is 2. The molecule has 0 bridgehead atoms. The Balaban J connectivity index is 1.15. The van der Waals surface area contributed by atoms with Gasteiger partial charge in [-0.15, -0.1) is 0 Å². The Morgan fingerprint density at radius 1 is 0.872 bits per heavy atom. The first-order chi connectivity index (χ1) is 22.8. The highest BCUT2D eigenvalue weighted by Crippen LogP contribution is 2.32. The molecule has 3 heterocycles. The molecule has 0 unspecified atom stereocenters. The van der Waals surface area contributed by atoms with Crippen molar-refractivity contribution in [3.8, 4) is 22.4 Å². The summed E-state index contributed by atoms with van der Waals surface area (Å²) < 4.78 is 1.42. The van der Waals surface area contributed by atoms with Gasteiger partial charge in [0.25, 0.3) is 5.56 Å². The van der Waals surface area contributed by atoms with Crippen LogP contribution in [0.5, 0.6) is 0 Å². The van der Waals surface area contributed by atoms with Gasteiger partial charge in [-0.2, -0.15) is 5.10 Å². The van der Waals surface area contributed by atoms with E-state index in [-0.39, 0.29) is 27.3 Å². The predicted molar refractivity (Wildman–Crippen MR) is 186 cm³/mol. The van der Waals surface area contributed by atoms with Crippen molar-refractivity contribution in [1.82, 2.24) is 25.0 Å². The molecular weight excluding hydrogens is 637 g/mol. The molecule has 4 aromatic rings. The number of nitrogens with zero attached hydrogens (tertiary/aromatic N) is 4. The highest BCUT2D eigenvalue weighted by atomic mass is 35.5. The third-order valence-corrected chi connectivity index (χ3v) is 9.02. The van der Waals surface area contributed by atoms with Gasteiger partial charge in [0.2, 0.25) is 5.91 Å². The van der Waals surface area contributed by atoms with E-state index < -0.39 is 11.6 Å². The third kappa shape index (κ3) is 8.77. The predicted octanol–water partition coefficient (Wildman–Crippen LogP) is 6.48. The van der Waals surface area contributed by atoms with E-state index in [1.54, 1.807) is 6.07 Å². The zero-order valence-electron chi connectivity index (χ0n) is 26.0. The van der Waals surface area contributed by atoms with Gasteiger partial charge in [-0.25, -0.2) is 9.48 Å². The molecule has 2 fully saturated rings. The van der Waals surface area contributed by atoms with Gasteiger partial charge in [-0.1, -0.05) is 72.1 Å². The summed E-state index contributed by atoms with van der Waals surface area (Å²) >= 11 is 12.3. The summed E-state index contributed by atoms with van der Waals surface area (Å²) in [6.07, 6.45) is 8.91. The molecule has 0 radical (unpaired) electrons. The molecule has 1 aliphatic carbocycles. The minimum atomic E-state index is -0.670. The molecule has 244 valence electrons. The average Bonchev–Trinajstić information content (AvgIpc) is 3.90. The lowest BCUT2D eigenvalue weighted by atomic mass is 9.99. The lowest BCUT2D eigenvalue weighted by molar-refractivity contribution is -0.120. The fourth-order valence-corrected chi connectivity index (χ4v) is 6.16. The van der Waals surface area contributed by atoms with Gasteiger partial charge in [0, 0.05) is 37.6 Å². The van der Waals surface area contributed by atoms with Crippen molar-refractivity contribution in [3.05, 3.63) is 93.0 Å². The molecule has 2 aromatic heterocycles. The van der Waals surface area contributed by atoms with E-state index in [2.05, 4.69) is 30.9 Å². The smallest absolute Gasteiger partial charge is 0.323 e. The number of hydrogen-bond acceptors (Lipinski definition) is 6. The van der Waals surface area contributed by atoms with E-state index in [9.17, 15) is 14.4 Å². The Hall–Kier alpha value is -4.25. The zero-order valence-corrected chi connectivity index (χ0v) is 27.5. The summed E-state index contributed by atoms with van der Waals surface area (Å²) in [5, 5.41) is 13.3. The number of amides is 3. The fourth-order valence-electron chi connectivity index (χ4n) is 5.70. The van der Waals surface area contributed by atoms with Crippen LogP contribution in [0, 0.1) is 5.92 Å². The summed E-state index contributed by atoms with van der Waals surface area (Å²) in [5.41, 5.74) is 4.09. The second-order valence-electron chi connectivity index (χ2n) is 12.1. The van der Waals surface area contributed by atoms with E-state index in [0.717, 1.165) is 54.7 Å². The van der Waals surface area contributed by atoms with Crippen LogP contribution >= 0.6 is 23.2 Å². The standard InChI is InChI=1S/C35H37Cl2N7O3/c36-28-20-38-21-29(37)33(28)41-35(47)40-31-19-30(42-44(34(31)46)22-24-7-8-24)27-6-4-5-26(18-27)25-11-9-23(10-12-25)17-32(45)39-13-16-43-14-2-1-3-15-43/h4-6,9-12,18-21,24H,1-3,7-8,13-17,22H2,(H,39,45)(H2,38,40,41,47). The van der Waals surface area contributed by atoms with E-state index in [0.29, 0.717) is 31.1 Å². The first kappa shape index (κ1) is 32.7. The van der Waals surface area contributed by atoms with Crippen molar-refractivity contribution in [2.24, 2.45) is 5.92 Å². The Kier molecular flexibility index (Phi) is 10.5. The molecule has 2 aliphatic rings. The van der Waals surface area contributed by atoms with Crippen LogP contribution in [0.15, 0.2) is 71.8 Å². The number of rotatable bonds is 11. The maximum absolute atomic E-state index is 13.3. The largest absolute Gasteiger partial charge is 0.355 e. The van der Waals surface area contributed by atoms with Gasteiger partial charge < -0.3 is 20.9 Å². The summed E-state index contributed by atoms with van der Waals surface area (Å²) in [7, 11) is 0. The molecule has 1 aliphatic heterocycles. The topological polar surface area (TPSA) is 121 Å². The molecule has 12 heteroatoms. The molecule has 6 rings (SSSR count). The fraction of sp³-hybridized carbons (Fsp3) is 0.343. The molecule has 10 nitrogen and oxygen atoms in total. The van der Waals surface area contributed by atoms with Crippen LogP contribution in [0.25, 0.3) is 22.4 Å². The number of likely N-dealkylation sites (tertiary alicyclic amines) is 1. The second kappa shape index (κ2) is 15.1. The van der Waals surface area contributed by atoms with Crippen molar-refractivity contribution in [2.45, 2.75) is 45.1 Å². The SMILES string of the molecule is O=C(Cc1ccc(-c2cccc(-c3cc(NC(=O)Nc4c(Cl)cncc4Cl)c(=O)n(CC4CC4)n3)c2)cc1)NCCN1CCCCC1. The molecule has 47 heavy (non-hydrogen) atoms. The van der Waals surface area contributed by atoms with Crippen LogP contribution in [0.4, 0.5) is 16.2 Å². The van der Waals surface area contributed by atoms with Gasteiger partial charge in [-0.05, 0) is 73.5 Å². The Bertz CT molecular complexity index is 1780. The number of pyridine rings is 1. The number of nitrogens with one attached hydrogen (secondary N) is 3. The number of hydrogen-bond donors (Lipinski definition) is 3. The average molecular weight is 675 g/mol. The molecule has 0 spiro atoms. The van der Waals surface area contributed by atoms with Gasteiger partial charge in [-0.3, -0.25) is 14.6 Å². The van der Waals surface area contributed by atoms with Crippen molar-refractivity contribution < 1.29 is 9.59 Å². The van der Waals surface area contributed by atoms with Gasteiger partial charge in [0.15, 0.2) is 0 Å². The molecule has 1 saturated heterocycles. The van der Waals surface area contributed by atoms with E-state index >= 15 is 0 Å². The maximum atomic E-state index is 13.3. The van der Waals surface area contributed by atoms with Crippen LogP contribution in [0.1, 0.15) is 37.7 Å². The summed E-state index contributed by atoms with van der Waals surface area (Å²) in [4.78, 5) is 45.1.